The van der Waals surface area contributed by atoms with Gasteiger partial charge in [0.15, 0.2) is 17.4 Å². The number of rotatable bonds is 3. The van der Waals surface area contributed by atoms with Crippen molar-refractivity contribution >= 4 is 23.0 Å². The van der Waals surface area contributed by atoms with E-state index in [1.165, 1.54) is 6.20 Å². The molecule has 3 saturated heterocycles. The predicted molar refractivity (Wildman–Crippen MR) is 97.1 cm³/mol. The molecule has 5 rings (SSSR count). The third kappa shape index (κ3) is 2.91. The maximum Gasteiger partial charge on any atom is 0.511 e. The number of likely N-dealkylation sites (N-methyl/N-ethyl adjacent to an activating group) is 1. The number of pyridine rings is 2. The SMILES string of the molecule is CCn1cc(OC(=O)O)c(=O)c2cc(F)c(N3CC4CCC3CN4C)nc21. The lowest BCUT2D eigenvalue weighted by Gasteiger charge is -2.50. The van der Waals surface area contributed by atoms with Crippen LogP contribution in [-0.4, -0.2) is 57.9 Å². The summed E-state index contributed by atoms with van der Waals surface area (Å²) in [6.45, 7) is 3.82. The fraction of sp³-hybridized carbons (Fsp3) is 0.500. The molecule has 3 aliphatic rings. The van der Waals surface area contributed by atoms with E-state index in [0.717, 1.165) is 25.5 Å². The Labute approximate surface area is 154 Å². The third-order valence-corrected chi connectivity index (χ3v) is 5.56. The number of aromatic nitrogens is 2. The molecule has 2 unspecified atom stereocenters. The van der Waals surface area contributed by atoms with Crippen molar-refractivity contribution in [3.8, 4) is 5.75 Å². The van der Waals surface area contributed by atoms with Gasteiger partial charge in [-0.2, -0.15) is 0 Å². The van der Waals surface area contributed by atoms with E-state index in [9.17, 15) is 14.0 Å². The van der Waals surface area contributed by atoms with Crippen LogP contribution in [-0.2, 0) is 6.54 Å². The molecule has 0 radical (unpaired) electrons. The molecule has 2 aromatic rings. The number of ether oxygens (including phenoxy) is 1. The summed E-state index contributed by atoms with van der Waals surface area (Å²) in [5.74, 6) is -0.687. The van der Waals surface area contributed by atoms with Gasteiger partial charge in [-0.25, -0.2) is 14.2 Å². The van der Waals surface area contributed by atoms with E-state index in [1.807, 2.05) is 11.8 Å². The molecular weight excluding hydrogens is 355 g/mol. The van der Waals surface area contributed by atoms with Gasteiger partial charge >= 0.3 is 6.16 Å². The van der Waals surface area contributed by atoms with E-state index in [4.69, 9.17) is 5.11 Å². The Morgan fingerprint density at radius 3 is 2.70 bits per heavy atom. The van der Waals surface area contributed by atoms with Gasteiger partial charge in [-0.05, 0) is 32.9 Å². The highest BCUT2D eigenvalue weighted by Crippen LogP contribution is 2.33. The molecule has 2 aromatic heterocycles. The smallest absolute Gasteiger partial charge is 0.449 e. The molecule has 3 fully saturated rings. The summed E-state index contributed by atoms with van der Waals surface area (Å²) in [5.41, 5.74) is -0.360. The van der Waals surface area contributed by atoms with Crippen molar-refractivity contribution < 1.29 is 19.0 Å². The number of aryl methyl sites for hydroxylation is 1. The molecule has 0 saturated carbocycles. The molecule has 0 amide bonds. The largest absolute Gasteiger partial charge is 0.511 e. The zero-order valence-electron chi connectivity index (χ0n) is 15.2. The minimum absolute atomic E-state index is 0.0103. The lowest BCUT2D eigenvalue weighted by atomic mass is 9.91. The van der Waals surface area contributed by atoms with Gasteiger partial charge in [-0.1, -0.05) is 0 Å². The Hall–Kier alpha value is -2.68. The number of hydrogen-bond acceptors (Lipinski definition) is 6. The third-order valence-electron chi connectivity index (χ3n) is 5.56. The molecule has 1 N–H and O–H groups in total. The molecule has 2 bridgehead atoms. The van der Waals surface area contributed by atoms with Crippen molar-refractivity contribution in [2.75, 3.05) is 25.0 Å². The molecular formula is C18H21FN4O4. The van der Waals surface area contributed by atoms with Crippen LogP contribution in [0.2, 0.25) is 0 Å². The minimum atomic E-state index is -1.59. The number of nitrogens with zero attached hydrogens (tertiary/aromatic N) is 4. The normalized spacial score (nSPS) is 22.4. The lowest BCUT2D eigenvalue weighted by Crippen LogP contribution is -2.61. The van der Waals surface area contributed by atoms with Crippen LogP contribution in [0.3, 0.4) is 0 Å². The van der Waals surface area contributed by atoms with Crippen LogP contribution in [0.1, 0.15) is 19.8 Å². The highest BCUT2D eigenvalue weighted by Gasteiger charge is 2.38. The Bertz CT molecular complexity index is 976. The van der Waals surface area contributed by atoms with Gasteiger partial charge in [0.1, 0.15) is 5.65 Å². The number of carboxylic acid groups (broad SMARTS) is 1. The zero-order valence-corrected chi connectivity index (χ0v) is 15.2. The van der Waals surface area contributed by atoms with Gasteiger partial charge in [0.25, 0.3) is 0 Å². The zero-order chi connectivity index (χ0) is 19.3. The monoisotopic (exact) mass is 376 g/mol. The molecule has 0 spiro atoms. The standard InChI is InChI=1S/C18H21FN4O4/c1-3-22-9-14(27-18(25)26)15(24)12-6-13(19)17(20-16(12)22)23-8-10-4-5-11(23)7-21(10)2/h6,9-11H,3-5,7-8H2,1-2H3,(H,25,26). The number of halogens is 1. The number of fused-ring (bicyclic) bond motifs is 4. The topological polar surface area (TPSA) is 87.9 Å². The molecule has 2 atom stereocenters. The van der Waals surface area contributed by atoms with Gasteiger partial charge in [0.05, 0.1) is 11.6 Å². The van der Waals surface area contributed by atoms with E-state index in [-0.39, 0.29) is 23.0 Å². The number of piperazine rings is 1. The van der Waals surface area contributed by atoms with Crippen LogP contribution in [0.5, 0.6) is 5.75 Å². The summed E-state index contributed by atoms with van der Waals surface area (Å²) >= 11 is 0. The first-order valence-corrected chi connectivity index (χ1v) is 9.00. The lowest BCUT2D eigenvalue weighted by molar-refractivity contribution is 0.124. The molecule has 0 aromatic carbocycles. The van der Waals surface area contributed by atoms with Gasteiger partial charge in [-0.15, -0.1) is 0 Å². The molecule has 8 nitrogen and oxygen atoms in total. The summed E-state index contributed by atoms with van der Waals surface area (Å²) < 4.78 is 21.1. The van der Waals surface area contributed by atoms with Crippen molar-refractivity contribution in [2.45, 2.75) is 38.4 Å². The first-order chi connectivity index (χ1) is 12.9. The summed E-state index contributed by atoms with van der Waals surface area (Å²) in [6.07, 6.45) is 1.79. The Balaban J connectivity index is 1.84. The van der Waals surface area contributed by atoms with Crippen molar-refractivity contribution in [3.63, 3.8) is 0 Å². The second kappa shape index (κ2) is 6.49. The summed E-state index contributed by atoms with van der Waals surface area (Å²) in [4.78, 5) is 32.1. The fourth-order valence-corrected chi connectivity index (χ4v) is 4.16. The number of carbonyl (C=O) groups is 1. The first-order valence-electron chi connectivity index (χ1n) is 9.00. The van der Waals surface area contributed by atoms with Crippen LogP contribution in [0.4, 0.5) is 15.0 Å². The number of anilines is 1. The second-order valence-electron chi connectivity index (χ2n) is 7.12. The van der Waals surface area contributed by atoms with E-state index in [2.05, 4.69) is 21.7 Å². The maximum absolute atomic E-state index is 14.9. The van der Waals surface area contributed by atoms with Crippen molar-refractivity contribution in [3.05, 3.63) is 28.3 Å². The van der Waals surface area contributed by atoms with Gasteiger partial charge < -0.3 is 19.3 Å². The van der Waals surface area contributed by atoms with Crippen molar-refractivity contribution in [2.24, 2.45) is 0 Å². The molecule has 3 aliphatic heterocycles. The molecule has 5 heterocycles. The fourth-order valence-electron chi connectivity index (χ4n) is 4.16. The molecule has 27 heavy (non-hydrogen) atoms. The van der Waals surface area contributed by atoms with Crippen molar-refractivity contribution in [1.29, 1.82) is 0 Å². The quantitative estimate of drug-likeness (QED) is 0.819. The first kappa shape index (κ1) is 17.7. The maximum atomic E-state index is 14.9. The predicted octanol–water partition coefficient (Wildman–Crippen LogP) is 1.90. The van der Waals surface area contributed by atoms with E-state index >= 15 is 0 Å². The Morgan fingerprint density at radius 2 is 2.11 bits per heavy atom. The second-order valence-corrected chi connectivity index (χ2v) is 7.12. The van der Waals surface area contributed by atoms with Crippen LogP contribution >= 0.6 is 0 Å². The van der Waals surface area contributed by atoms with Gasteiger partial charge in [-0.3, -0.25) is 9.69 Å². The molecule has 9 heteroatoms. The minimum Gasteiger partial charge on any atom is -0.449 e. The van der Waals surface area contributed by atoms with Crippen LogP contribution < -0.4 is 15.1 Å². The number of piperidine rings is 2. The summed E-state index contributed by atoms with van der Waals surface area (Å²) in [7, 11) is 2.08. The number of hydrogen-bond donors (Lipinski definition) is 1. The summed E-state index contributed by atoms with van der Waals surface area (Å²) in [5, 5.41) is 8.82. The van der Waals surface area contributed by atoms with Gasteiger partial charge in [0, 0.05) is 31.7 Å². The molecule has 144 valence electrons. The Kier molecular flexibility index (Phi) is 4.26. The van der Waals surface area contributed by atoms with E-state index in [1.54, 1.807) is 4.57 Å². The molecule has 0 aliphatic carbocycles. The van der Waals surface area contributed by atoms with E-state index < -0.39 is 17.4 Å². The average molecular weight is 376 g/mol. The van der Waals surface area contributed by atoms with Crippen LogP contribution in [0.25, 0.3) is 11.0 Å². The van der Waals surface area contributed by atoms with Gasteiger partial charge in [0.2, 0.25) is 5.43 Å². The van der Waals surface area contributed by atoms with E-state index in [0.29, 0.717) is 24.8 Å². The average Bonchev–Trinajstić information content (AvgIpc) is 2.64. The highest BCUT2D eigenvalue weighted by molar-refractivity contribution is 5.79. The van der Waals surface area contributed by atoms with Crippen LogP contribution in [0.15, 0.2) is 17.1 Å². The Morgan fingerprint density at radius 1 is 1.37 bits per heavy atom. The van der Waals surface area contributed by atoms with Crippen LogP contribution in [0, 0.1) is 5.82 Å². The van der Waals surface area contributed by atoms with Crippen molar-refractivity contribution in [1.82, 2.24) is 14.5 Å². The highest BCUT2D eigenvalue weighted by atomic mass is 19.1. The summed E-state index contributed by atoms with van der Waals surface area (Å²) in [6, 6.07) is 1.70.